The summed E-state index contributed by atoms with van der Waals surface area (Å²) in [6.07, 6.45) is 3.28. The van der Waals surface area contributed by atoms with Crippen LogP contribution in [0.5, 0.6) is 0 Å². The number of rotatable bonds is 0. The largest absolute Gasteiger partial charge is 0.358 e. The van der Waals surface area contributed by atoms with Gasteiger partial charge in [0.1, 0.15) is 0 Å². The van der Waals surface area contributed by atoms with E-state index in [1.54, 1.807) is 18.5 Å². The molecule has 0 unspecified atom stereocenters. The summed E-state index contributed by atoms with van der Waals surface area (Å²) in [4.78, 5) is 18.7. The van der Waals surface area contributed by atoms with Crippen LogP contribution < -0.4 is 5.43 Å². The molecule has 1 N–H and O–H groups in total. The van der Waals surface area contributed by atoms with Crippen molar-refractivity contribution in [2.45, 2.75) is 6.92 Å². The molecule has 0 atom stereocenters. The van der Waals surface area contributed by atoms with Gasteiger partial charge < -0.3 is 4.98 Å². The third-order valence-corrected chi connectivity index (χ3v) is 2.53. The highest BCUT2D eigenvalue weighted by Crippen LogP contribution is 2.12. The zero-order valence-electron chi connectivity index (χ0n) is 6.97. The van der Waals surface area contributed by atoms with Gasteiger partial charge in [0, 0.05) is 12.4 Å². The number of hydrogen-bond donors (Lipinski definition) is 1. The van der Waals surface area contributed by atoms with Gasteiger partial charge in [-0.3, -0.25) is 9.78 Å². The first kappa shape index (κ1) is 8.44. The number of H-pyrrole nitrogens is 1. The third kappa shape index (κ3) is 1.27. The monoisotopic (exact) mass is 238 g/mol. The Labute approximate surface area is 82.9 Å². The molecule has 4 heteroatoms. The molecule has 13 heavy (non-hydrogen) atoms. The number of aryl methyl sites for hydroxylation is 1. The highest BCUT2D eigenvalue weighted by molar-refractivity contribution is 9.10. The van der Waals surface area contributed by atoms with Crippen LogP contribution in [0.4, 0.5) is 0 Å². The van der Waals surface area contributed by atoms with Gasteiger partial charge in [-0.25, -0.2) is 0 Å². The lowest BCUT2D eigenvalue weighted by atomic mass is 10.2. The molecule has 0 saturated heterocycles. The standard InChI is InChI=1S/C9H7BrN2O/c1-5-8-6(2-3-11-5)9(13)7(10)4-12-8/h2-4H,1H3,(H,12,13). The van der Waals surface area contributed by atoms with E-state index in [0.29, 0.717) is 9.86 Å². The second-order valence-corrected chi connectivity index (χ2v) is 3.64. The highest BCUT2D eigenvalue weighted by Gasteiger charge is 2.03. The van der Waals surface area contributed by atoms with Gasteiger partial charge in [-0.1, -0.05) is 0 Å². The number of aromatic nitrogens is 2. The maximum atomic E-state index is 11.6. The lowest BCUT2D eigenvalue weighted by Gasteiger charge is -2.00. The summed E-state index contributed by atoms with van der Waals surface area (Å²) in [5, 5.41) is 0.668. The van der Waals surface area contributed by atoms with Crippen molar-refractivity contribution in [3.63, 3.8) is 0 Å². The number of pyridine rings is 2. The minimum atomic E-state index is -0.000694. The minimum absolute atomic E-state index is 0.000694. The average Bonchev–Trinajstić information content (AvgIpc) is 2.12. The smallest absolute Gasteiger partial charge is 0.203 e. The topological polar surface area (TPSA) is 45.8 Å². The number of halogens is 1. The maximum absolute atomic E-state index is 11.6. The summed E-state index contributed by atoms with van der Waals surface area (Å²) in [6, 6.07) is 1.71. The Bertz CT molecular complexity index is 518. The summed E-state index contributed by atoms with van der Waals surface area (Å²) in [7, 11) is 0. The zero-order valence-corrected chi connectivity index (χ0v) is 8.55. The molecule has 0 spiro atoms. The van der Waals surface area contributed by atoms with Gasteiger partial charge in [0.15, 0.2) is 0 Å². The van der Waals surface area contributed by atoms with E-state index < -0.39 is 0 Å². The summed E-state index contributed by atoms with van der Waals surface area (Å²) in [5.74, 6) is 0. The van der Waals surface area contributed by atoms with E-state index in [0.717, 1.165) is 11.2 Å². The molecule has 0 aliphatic rings. The SMILES string of the molecule is Cc1nccc2c(=O)c(Br)c[nH]c12. The Morgan fingerprint density at radius 3 is 3.08 bits per heavy atom. The molecule has 0 aliphatic heterocycles. The molecule has 0 aromatic carbocycles. The molecule has 0 saturated carbocycles. The molecule has 2 aromatic heterocycles. The normalized spacial score (nSPS) is 10.6. The Hall–Kier alpha value is -1.16. The quantitative estimate of drug-likeness (QED) is 0.764. The van der Waals surface area contributed by atoms with Gasteiger partial charge >= 0.3 is 0 Å². The molecule has 3 nitrogen and oxygen atoms in total. The highest BCUT2D eigenvalue weighted by atomic mass is 79.9. The van der Waals surface area contributed by atoms with Crippen molar-refractivity contribution in [1.29, 1.82) is 0 Å². The second-order valence-electron chi connectivity index (χ2n) is 2.78. The van der Waals surface area contributed by atoms with E-state index in [9.17, 15) is 4.79 Å². The summed E-state index contributed by atoms with van der Waals surface area (Å²) >= 11 is 3.18. The maximum Gasteiger partial charge on any atom is 0.203 e. The van der Waals surface area contributed by atoms with Gasteiger partial charge in [-0.15, -0.1) is 0 Å². The molecule has 0 amide bonds. The van der Waals surface area contributed by atoms with Gasteiger partial charge in [0.25, 0.3) is 0 Å². The fourth-order valence-corrected chi connectivity index (χ4v) is 1.60. The van der Waals surface area contributed by atoms with E-state index >= 15 is 0 Å². The molecule has 2 rings (SSSR count). The summed E-state index contributed by atoms with van der Waals surface area (Å²) in [6.45, 7) is 1.87. The fraction of sp³-hybridized carbons (Fsp3) is 0.111. The molecule has 66 valence electrons. The first-order chi connectivity index (χ1) is 6.20. The molecular weight excluding hydrogens is 232 g/mol. The van der Waals surface area contributed by atoms with Crippen LogP contribution in [0.25, 0.3) is 10.9 Å². The summed E-state index contributed by atoms with van der Waals surface area (Å²) < 4.78 is 0.547. The van der Waals surface area contributed by atoms with Crippen LogP contribution in [0.15, 0.2) is 27.7 Å². The molecule has 0 aliphatic carbocycles. The Morgan fingerprint density at radius 1 is 1.54 bits per heavy atom. The number of fused-ring (bicyclic) bond motifs is 1. The van der Waals surface area contributed by atoms with Crippen LogP contribution >= 0.6 is 15.9 Å². The van der Waals surface area contributed by atoms with Crippen LogP contribution in [0.1, 0.15) is 5.69 Å². The Morgan fingerprint density at radius 2 is 2.31 bits per heavy atom. The number of nitrogens with one attached hydrogen (secondary N) is 1. The van der Waals surface area contributed by atoms with Crippen LogP contribution in [0.3, 0.4) is 0 Å². The van der Waals surface area contributed by atoms with Crippen molar-refractivity contribution < 1.29 is 0 Å². The second kappa shape index (κ2) is 2.96. The lowest BCUT2D eigenvalue weighted by molar-refractivity contribution is 1.20. The predicted octanol–water partition coefficient (Wildman–Crippen LogP) is 1.99. The van der Waals surface area contributed by atoms with Crippen molar-refractivity contribution in [1.82, 2.24) is 9.97 Å². The molecule has 2 aromatic rings. The first-order valence-corrected chi connectivity index (χ1v) is 4.62. The van der Waals surface area contributed by atoms with Crippen LogP contribution in [0.2, 0.25) is 0 Å². The van der Waals surface area contributed by atoms with Crippen molar-refractivity contribution in [3.8, 4) is 0 Å². The van der Waals surface area contributed by atoms with Gasteiger partial charge in [-0.05, 0) is 28.9 Å². The van der Waals surface area contributed by atoms with E-state index in [2.05, 4.69) is 25.9 Å². The van der Waals surface area contributed by atoms with E-state index in [4.69, 9.17) is 0 Å². The van der Waals surface area contributed by atoms with Crippen LogP contribution in [0, 0.1) is 6.92 Å². The number of nitrogens with zero attached hydrogens (tertiary/aromatic N) is 1. The average molecular weight is 239 g/mol. The fourth-order valence-electron chi connectivity index (χ4n) is 1.27. The minimum Gasteiger partial charge on any atom is -0.358 e. The van der Waals surface area contributed by atoms with Crippen molar-refractivity contribution in [2.24, 2.45) is 0 Å². The first-order valence-electron chi connectivity index (χ1n) is 3.82. The van der Waals surface area contributed by atoms with E-state index in [-0.39, 0.29) is 5.43 Å². The molecule has 2 heterocycles. The van der Waals surface area contributed by atoms with Crippen molar-refractivity contribution >= 4 is 26.8 Å². The lowest BCUT2D eigenvalue weighted by Crippen LogP contribution is -2.04. The van der Waals surface area contributed by atoms with Gasteiger partial charge in [-0.2, -0.15) is 0 Å². The number of aromatic amines is 1. The molecular formula is C9H7BrN2O. The molecule has 0 bridgehead atoms. The molecule has 0 radical (unpaired) electrons. The Kier molecular flexibility index (Phi) is 1.92. The van der Waals surface area contributed by atoms with E-state index in [1.165, 1.54) is 0 Å². The van der Waals surface area contributed by atoms with Gasteiger partial charge in [0.05, 0.1) is 21.1 Å². The zero-order chi connectivity index (χ0) is 9.42. The van der Waals surface area contributed by atoms with Crippen molar-refractivity contribution in [3.05, 3.63) is 38.9 Å². The predicted molar refractivity (Wildman–Crippen MR) is 54.8 cm³/mol. The van der Waals surface area contributed by atoms with Crippen LogP contribution in [-0.2, 0) is 0 Å². The van der Waals surface area contributed by atoms with Crippen molar-refractivity contribution in [2.75, 3.05) is 0 Å². The Balaban J connectivity index is 3.03. The summed E-state index contributed by atoms with van der Waals surface area (Å²) in [5.41, 5.74) is 1.64. The third-order valence-electron chi connectivity index (χ3n) is 1.95. The van der Waals surface area contributed by atoms with Gasteiger partial charge in [0.2, 0.25) is 5.43 Å². The van der Waals surface area contributed by atoms with E-state index in [1.807, 2.05) is 6.92 Å². The molecule has 0 fully saturated rings. The number of hydrogen-bond acceptors (Lipinski definition) is 2. The van der Waals surface area contributed by atoms with Crippen LogP contribution in [-0.4, -0.2) is 9.97 Å².